The van der Waals surface area contributed by atoms with Crippen molar-refractivity contribution in [3.63, 3.8) is 0 Å². The van der Waals surface area contributed by atoms with Crippen LogP contribution in [0.3, 0.4) is 0 Å². The molecular formula is C62H37N5O3. The van der Waals surface area contributed by atoms with Crippen LogP contribution in [0, 0.1) is 22.7 Å². The van der Waals surface area contributed by atoms with Crippen molar-refractivity contribution in [2.24, 2.45) is 0 Å². The van der Waals surface area contributed by atoms with Crippen LogP contribution in [0.25, 0.3) is 122 Å². The van der Waals surface area contributed by atoms with Gasteiger partial charge in [0, 0.05) is 60.6 Å². The van der Waals surface area contributed by atoms with Gasteiger partial charge in [-0.05, 0) is 102 Å². The molecule has 0 aliphatic heterocycles. The molecule has 9 aromatic carbocycles. The lowest BCUT2D eigenvalue weighted by Crippen LogP contribution is -2.14. The fourth-order valence-corrected chi connectivity index (χ4v) is 11.4. The van der Waals surface area contributed by atoms with E-state index in [4.69, 9.17) is 4.42 Å². The molecule has 13 aromatic rings. The van der Waals surface area contributed by atoms with Crippen LogP contribution < -0.4 is 0 Å². The molecule has 328 valence electrons. The lowest BCUT2D eigenvalue weighted by Gasteiger charge is -2.25. The van der Waals surface area contributed by atoms with Crippen LogP contribution in [0.1, 0.15) is 28.8 Å². The summed E-state index contributed by atoms with van der Waals surface area (Å²) in [5.74, 6) is 0.382. The van der Waals surface area contributed by atoms with Gasteiger partial charge in [-0.25, -0.2) is 0 Å². The first-order valence-electron chi connectivity index (χ1n) is 23.3. The maximum atomic E-state index is 11.6. The number of hydrogen-bond donors (Lipinski definition) is 2. The third-order valence-electron chi connectivity index (χ3n) is 14.4. The summed E-state index contributed by atoms with van der Waals surface area (Å²) in [7, 11) is 0. The van der Waals surface area contributed by atoms with E-state index in [2.05, 4.69) is 105 Å². The maximum absolute atomic E-state index is 11.6. The lowest BCUT2D eigenvalue weighted by molar-refractivity contribution is 0.477. The Bertz CT molecular complexity index is 4540. The highest BCUT2D eigenvalue weighted by Gasteiger charge is 2.31. The Morgan fingerprint density at radius 3 is 1.61 bits per heavy atom. The molecule has 0 bridgehead atoms. The van der Waals surface area contributed by atoms with E-state index in [0.717, 1.165) is 117 Å². The number of nitrogens with zero attached hydrogens (tertiary/aromatic N) is 5. The number of rotatable bonds is 5. The Labute approximate surface area is 399 Å². The predicted molar refractivity (Wildman–Crippen MR) is 280 cm³/mol. The minimum Gasteiger partial charge on any atom is -0.507 e. The topological polar surface area (TPSA) is 116 Å². The Kier molecular flexibility index (Phi) is 8.37. The Morgan fingerprint density at radius 1 is 0.429 bits per heavy atom. The summed E-state index contributed by atoms with van der Waals surface area (Å²) in [5.41, 5.74) is 13.6. The quantitative estimate of drug-likeness (QED) is 0.178. The van der Waals surface area contributed by atoms with Crippen LogP contribution in [0.4, 0.5) is 0 Å². The van der Waals surface area contributed by atoms with Gasteiger partial charge in [0.25, 0.3) is 0 Å². The first kappa shape index (κ1) is 39.4. The maximum Gasteiger partial charge on any atom is 0.137 e. The zero-order valence-corrected chi connectivity index (χ0v) is 37.4. The van der Waals surface area contributed by atoms with Crippen LogP contribution in [0.5, 0.6) is 11.5 Å². The average molecular weight is 900 g/mol. The van der Waals surface area contributed by atoms with Crippen molar-refractivity contribution in [1.82, 2.24) is 13.7 Å². The van der Waals surface area contributed by atoms with Crippen LogP contribution in [0.15, 0.2) is 186 Å². The van der Waals surface area contributed by atoms with Gasteiger partial charge in [0.05, 0.1) is 55.8 Å². The van der Waals surface area contributed by atoms with Crippen molar-refractivity contribution in [3.05, 3.63) is 204 Å². The summed E-state index contributed by atoms with van der Waals surface area (Å²) in [6, 6.07) is 63.1. The third-order valence-corrected chi connectivity index (χ3v) is 14.4. The fourth-order valence-electron chi connectivity index (χ4n) is 11.4. The fraction of sp³-hybridized carbons (Fsp3) is 0.0323. The second-order valence-electron chi connectivity index (χ2n) is 18.0. The van der Waals surface area contributed by atoms with E-state index in [1.54, 1.807) is 18.2 Å². The van der Waals surface area contributed by atoms with Crippen molar-refractivity contribution >= 4 is 82.5 Å². The SMILES string of the molecule is N#Cc1cc(C#N)c(-n2c3ccccc3c3cc4c(cc32)oc2ccccc24)c(-n2c3ccccc3c3cc(-c4ccccc4O)ccc32)c1-n1c2c(c3cc(-c4ccccc4O)ccc31)CCC=C2. The van der Waals surface area contributed by atoms with Gasteiger partial charge in [-0.1, -0.05) is 109 Å². The normalized spacial score (nSPS) is 12.5. The van der Waals surface area contributed by atoms with E-state index in [-0.39, 0.29) is 11.5 Å². The van der Waals surface area contributed by atoms with Gasteiger partial charge in [0.2, 0.25) is 0 Å². The summed E-state index contributed by atoms with van der Waals surface area (Å²) < 4.78 is 13.2. The molecule has 70 heavy (non-hydrogen) atoms. The van der Waals surface area contributed by atoms with Crippen LogP contribution >= 0.6 is 0 Å². The van der Waals surface area contributed by atoms with Gasteiger partial charge in [-0.3, -0.25) is 0 Å². The second-order valence-corrected chi connectivity index (χ2v) is 18.0. The van der Waals surface area contributed by atoms with Gasteiger partial charge in [-0.2, -0.15) is 10.5 Å². The van der Waals surface area contributed by atoms with Crippen molar-refractivity contribution < 1.29 is 14.6 Å². The van der Waals surface area contributed by atoms with E-state index >= 15 is 0 Å². The summed E-state index contributed by atoms with van der Waals surface area (Å²) in [6.45, 7) is 0. The number of hydrogen-bond acceptors (Lipinski definition) is 5. The highest BCUT2D eigenvalue weighted by molar-refractivity contribution is 6.18. The number of para-hydroxylation sites is 5. The molecular weight excluding hydrogens is 863 g/mol. The molecule has 14 rings (SSSR count). The first-order valence-corrected chi connectivity index (χ1v) is 23.3. The average Bonchev–Trinajstić information content (AvgIpc) is 4.13. The number of allylic oxidation sites excluding steroid dienone is 1. The zero-order valence-electron chi connectivity index (χ0n) is 37.4. The molecule has 1 aliphatic carbocycles. The molecule has 0 radical (unpaired) electrons. The molecule has 0 fully saturated rings. The number of phenols is 2. The lowest BCUT2D eigenvalue weighted by atomic mass is 9.97. The van der Waals surface area contributed by atoms with Crippen molar-refractivity contribution in [1.29, 1.82) is 10.5 Å². The summed E-state index contributed by atoms with van der Waals surface area (Å²) in [6.07, 6.45) is 5.95. The molecule has 0 amide bonds. The van der Waals surface area contributed by atoms with Crippen molar-refractivity contribution in [2.45, 2.75) is 12.8 Å². The summed E-state index contributed by atoms with van der Waals surface area (Å²) in [5, 5.41) is 52.2. The van der Waals surface area contributed by atoms with Gasteiger partial charge in [0.15, 0.2) is 0 Å². The van der Waals surface area contributed by atoms with Gasteiger partial charge in [0.1, 0.15) is 34.8 Å². The Balaban J connectivity index is 1.19. The van der Waals surface area contributed by atoms with Gasteiger partial charge >= 0.3 is 0 Å². The molecule has 1 aliphatic rings. The van der Waals surface area contributed by atoms with E-state index < -0.39 is 0 Å². The van der Waals surface area contributed by atoms with Crippen LogP contribution in [0.2, 0.25) is 0 Å². The molecule has 0 saturated heterocycles. The van der Waals surface area contributed by atoms with Crippen LogP contribution in [-0.2, 0) is 6.42 Å². The number of aryl methyl sites for hydroxylation is 1. The molecule has 8 nitrogen and oxygen atoms in total. The van der Waals surface area contributed by atoms with Crippen LogP contribution in [-0.4, -0.2) is 23.9 Å². The number of furan rings is 1. The molecule has 4 heterocycles. The standard InChI is InChI=1S/C62H37N5O3/c63-34-38-29-39(35-64)61(67-52-21-9-3-17-44(52)48-32-49-45-18-6-12-24-58(45)70-59(49)33-55(48)67)62(66-51-20-8-2-16-43(51)47-31-37(26-28-54(47)66)41-14-5-11-23-57(41)69)60(38)65-50-19-7-1-15-42(50)46-30-36(25-27-53(46)65)40-13-4-10-22-56(40)68/h2-14,16-33,68-69H,1,15H2. The highest BCUT2D eigenvalue weighted by Crippen LogP contribution is 2.48. The number of fused-ring (bicyclic) bond motifs is 12. The third kappa shape index (κ3) is 5.50. The van der Waals surface area contributed by atoms with E-state index in [0.29, 0.717) is 33.8 Å². The Morgan fingerprint density at radius 2 is 0.957 bits per heavy atom. The smallest absolute Gasteiger partial charge is 0.137 e. The first-order chi connectivity index (χ1) is 34.5. The molecule has 8 heteroatoms. The van der Waals surface area contributed by atoms with Crippen molar-refractivity contribution in [3.8, 4) is 63.0 Å². The number of benzene rings is 9. The number of phenolic OH excluding ortho intramolecular Hbond substituents is 2. The van der Waals surface area contributed by atoms with Gasteiger partial charge in [-0.15, -0.1) is 0 Å². The number of aromatic nitrogens is 3. The molecule has 0 saturated carbocycles. The van der Waals surface area contributed by atoms with E-state index in [9.17, 15) is 20.7 Å². The van der Waals surface area contributed by atoms with Gasteiger partial charge < -0.3 is 28.3 Å². The largest absolute Gasteiger partial charge is 0.507 e. The minimum absolute atomic E-state index is 0.184. The summed E-state index contributed by atoms with van der Waals surface area (Å²) in [4.78, 5) is 0. The monoisotopic (exact) mass is 899 g/mol. The predicted octanol–water partition coefficient (Wildman–Crippen LogP) is 15.2. The van der Waals surface area contributed by atoms with E-state index in [1.807, 2.05) is 91.0 Å². The zero-order chi connectivity index (χ0) is 46.8. The molecule has 4 aromatic heterocycles. The van der Waals surface area contributed by atoms with Crippen molar-refractivity contribution in [2.75, 3.05) is 0 Å². The summed E-state index contributed by atoms with van der Waals surface area (Å²) >= 11 is 0. The number of nitriles is 2. The second kappa shape index (κ2) is 14.9. The number of aromatic hydroxyl groups is 2. The molecule has 0 spiro atoms. The molecule has 2 N–H and O–H groups in total. The van der Waals surface area contributed by atoms with E-state index in [1.165, 1.54) is 0 Å². The molecule has 0 unspecified atom stereocenters. The highest BCUT2D eigenvalue weighted by atomic mass is 16.3. The minimum atomic E-state index is 0.184. The Hall–Kier alpha value is -9.76. The molecule has 0 atom stereocenters.